The molecule has 0 saturated carbocycles. The van der Waals surface area contributed by atoms with Crippen LogP contribution in [0.1, 0.15) is 258 Å². The van der Waals surface area contributed by atoms with Gasteiger partial charge < -0.3 is 13.6 Å². The van der Waals surface area contributed by atoms with E-state index in [1.807, 2.05) is 36.5 Å². The van der Waals surface area contributed by atoms with Gasteiger partial charge in [0.2, 0.25) is 0 Å². The fourth-order valence-electron chi connectivity index (χ4n) is 6.13. The minimum Gasteiger partial charge on any atom is -0.446 e. The molecule has 0 unspecified atom stereocenters. The van der Waals surface area contributed by atoms with E-state index in [1.165, 1.54) is 39.8 Å². The molecule has 0 aromatic carbocycles. The standard InChI is InChI=1S/C10H18N2.C10H17N.3C9H16N2.C7H11NO/c1-7(2)9-6-11-10(8(3)4)12(9)5;1-7(2)9-5-10(8(3)4)11-6-9;1-7(2)9-5-11(6-10-9)8(3)4;1-7(2)9-5-10-11(6-9)8(3)4;1-6(2)8-5-9(7(3)4)11-10-8;1-5(2)7-8-4-6(3)9-7/h6-8H,1-5H3;6-8H,5H2,1-4H3;2*5-8H,1-4H3;5-7H,1-4H3,(H,10,11);4-5H,1-3H3. The number of nitrogens with one attached hydrogen (secondary N) is 1. The van der Waals surface area contributed by atoms with E-state index >= 15 is 0 Å². The van der Waals surface area contributed by atoms with Crippen LogP contribution in [-0.4, -0.2) is 49.8 Å². The van der Waals surface area contributed by atoms with Crippen molar-refractivity contribution in [1.82, 2.24) is 44.1 Å². The van der Waals surface area contributed by atoms with Crippen LogP contribution in [0.5, 0.6) is 0 Å². The van der Waals surface area contributed by atoms with Gasteiger partial charge in [0.1, 0.15) is 11.6 Å². The van der Waals surface area contributed by atoms with E-state index in [9.17, 15) is 0 Å². The van der Waals surface area contributed by atoms with Gasteiger partial charge in [0.25, 0.3) is 0 Å². The lowest BCUT2D eigenvalue weighted by Crippen LogP contribution is -2.06. The fraction of sp³-hybridized carbons (Fsp3) is 0.667. The molecule has 366 valence electrons. The van der Waals surface area contributed by atoms with Gasteiger partial charge in [0.05, 0.1) is 30.1 Å². The molecule has 0 atom stereocenters. The maximum absolute atomic E-state index is 5.23. The average Bonchev–Trinajstić information content (AvgIpc) is 4.05. The van der Waals surface area contributed by atoms with E-state index in [0.717, 1.165) is 23.8 Å². The number of allylic oxidation sites excluding steroid dienone is 1. The Bertz CT molecular complexity index is 1850. The first-order valence-electron chi connectivity index (χ1n) is 24.5. The molecule has 0 saturated heterocycles. The van der Waals surface area contributed by atoms with Gasteiger partial charge in [-0.1, -0.05) is 125 Å². The highest BCUT2D eigenvalue weighted by Crippen LogP contribution is 2.23. The van der Waals surface area contributed by atoms with Crippen molar-refractivity contribution < 1.29 is 4.42 Å². The molecule has 0 aliphatic carbocycles. The summed E-state index contributed by atoms with van der Waals surface area (Å²) in [5.41, 5.74) is 9.03. The quantitative estimate of drug-likeness (QED) is 0.141. The van der Waals surface area contributed by atoms with Gasteiger partial charge >= 0.3 is 0 Å². The van der Waals surface area contributed by atoms with E-state index in [4.69, 9.17) is 4.42 Å². The maximum atomic E-state index is 5.23. The third-order valence-electron chi connectivity index (χ3n) is 10.9. The number of aromatic nitrogens is 9. The van der Waals surface area contributed by atoms with E-state index < -0.39 is 0 Å². The van der Waals surface area contributed by atoms with Crippen LogP contribution in [0.15, 0.2) is 64.6 Å². The topological polar surface area (TPSA) is 121 Å². The second-order valence-electron chi connectivity index (χ2n) is 20.7. The lowest BCUT2D eigenvalue weighted by atomic mass is 9.96. The maximum Gasteiger partial charge on any atom is 0.196 e. The first-order valence-corrected chi connectivity index (χ1v) is 24.5. The van der Waals surface area contributed by atoms with Crippen molar-refractivity contribution in [1.29, 1.82) is 0 Å². The predicted molar refractivity (Wildman–Crippen MR) is 277 cm³/mol. The first-order chi connectivity index (χ1) is 30.2. The van der Waals surface area contributed by atoms with Gasteiger partial charge in [-0.2, -0.15) is 10.2 Å². The van der Waals surface area contributed by atoms with E-state index in [-0.39, 0.29) is 0 Å². The zero-order valence-corrected chi connectivity index (χ0v) is 45.6. The highest BCUT2D eigenvalue weighted by Gasteiger charge is 2.15. The molecule has 0 fully saturated rings. The van der Waals surface area contributed by atoms with Crippen molar-refractivity contribution in [2.75, 3.05) is 0 Å². The second kappa shape index (κ2) is 28.5. The van der Waals surface area contributed by atoms with Gasteiger partial charge in [-0.3, -0.25) is 14.8 Å². The van der Waals surface area contributed by atoms with E-state index in [1.54, 1.807) is 6.20 Å². The molecule has 11 nitrogen and oxygen atoms in total. The molecule has 0 radical (unpaired) electrons. The van der Waals surface area contributed by atoms with Crippen LogP contribution < -0.4 is 0 Å². The molecule has 0 spiro atoms. The van der Waals surface area contributed by atoms with E-state index in [2.05, 4.69) is 222 Å². The normalized spacial score (nSPS) is 12.4. The van der Waals surface area contributed by atoms with Crippen molar-refractivity contribution in [3.05, 3.63) is 101 Å². The predicted octanol–water partition coefficient (Wildman–Crippen LogP) is 15.6. The zero-order chi connectivity index (χ0) is 49.9. The van der Waals surface area contributed by atoms with Crippen LogP contribution in [-0.2, 0) is 7.05 Å². The van der Waals surface area contributed by atoms with Crippen molar-refractivity contribution >= 4 is 5.71 Å². The Morgan fingerprint density at radius 2 is 1.20 bits per heavy atom. The van der Waals surface area contributed by atoms with E-state index in [0.29, 0.717) is 65.3 Å². The molecule has 1 aliphatic heterocycles. The molecule has 0 amide bonds. The molecule has 6 rings (SSSR count). The van der Waals surface area contributed by atoms with Crippen molar-refractivity contribution in [2.24, 2.45) is 23.9 Å². The van der Waals surface area contributed by atoms with Gasteiger partial charge in [0, 0.05) is 79.3 Å². The van der Waals surface area contributed by atoms with Crippen molar-refractivity contribution in [2.45, 2.75) is 219 Å². The van der Waals surface area contributed by atoms with Crippen molar-refractivity contribution in [3.8, 4) is 0 Å². The molecular weight excluding hydrogens is 805 g/mol. The molecule has 11 heteroatoms. The SMILES string of the molecule is CC(C)C1=CN=C(C(C)C)C1.CC(C)c1cc(C(C)C)[nH]n1.CC(C)c1cn(C(C)C)cn1.CC(C)c1cnc(C(C)C)n1C.CC(C)c1cnn(C(C)C)c1.Cc1cnc(C(C)C)o1. The molecule has 5 aromatic heterocycles. The summed E-state index contributed by atoms with van der Waals surface area (Å²) in [6.45, 7) is 49.5. The van der Waals surface area contributed by atoms with Crippen LogP contribution in [0.3, 0.4) is 0 Å². The van der Waals surface area contributed by atoms with Crippen LogP contribution in [0.2, 0.25) is 0 Å². The summed E-state index contributed by atoms with van der Waals surface area (Å²) in [6, 6.07) is 3.15. The van der Waals surface area contributed by atoms with Gasteiger partial charge in [-0.25, -0.2) is 15.0 Å². The van der Waals surface area contributed by atoms with Crippen LogP contribution >= 0.6 is 0 Å². The molecule has 0 bridgehead atoms. The zero-order valence-electron chi connectivity index (χ0n) is 45.6. The average molecular weight is 899 g/mol. The number of aliphatic imine (C=N–C) groups is 1. The number of oxazole rings is 1. The Hall–Kier alpha value is -4.54. The van der Waals surface area contributed by atoms with Crippen LogP contribution in [0.4, 0.5) is 0 Å². The van der Waals surface area contributed by atoms with Crippen LogP contribution in [0, 0.1) is 18.8 Å². The molecule has 1 aliphatic rings. The highest BCUT2D eigenvalue weighted by molar-refractivity contribution is 5.90. The Balaban J connectivity index is 0.000000391. The molecule has 1 N–H and O–H groups in total. The fourth-order valence-corrected chi connectivity index (χ4v) is 6.13. The number of hydrogen-bond acceptors (Lipinski definition) is 7. The largest absolute Gasteiger partial charge is 0.446 e. The summed E-state index contributed by atoms with van der Waals surface area (Å²) in [7, 11) is 2.09. The second-order valence-corrected chi connectivity index (χ2v) is 20.7. The lowest BCUT2D eigenvalue weighted by Gasteiger charge is -2.09. The lowest BCUT2D eigenvalue weighted by molar-refractivity contribution is 0.450. The van der Waals surface area contributed by atoms with Gasteiger partial charge in [0.15, 0.2) is 5.89 Å². The number of aromatic amines is 1. The number of aryl methyl sites for hydroxylation is 1. The molecule has 5 aromatic rings. The van der Waals surface area contributed by atoms with Crippen LogP contribution in [0.25, 0.3) is 0 Å². The summed E-state index contributed by atoms with van der Waals surface area (Å²) in [5.74, 6) is 7.85. The molecule has 6 heterocycles. The molecular formula is C54H94N10O. The number of hydrogen-bond donors (Lipinski definition) is 1. The molecule has 65 heavy (non-hydrogen) atoms. The Morgan fingerprint density at radius 3 is 1.46 bits per heavy atom. The minimum absolute atomic E-state index is 0.402. The number of imidazole rings is 2. The highest BCUT2D eigenvalue weighted by atomic mass is 16.4. The summed E-state index contributed by atoms with van der Waals surface area (Å²) in [6.07, 6.45) is 15.0. The Labute approximate surface area is 396 Å². The summed E-state index contributed by atoms with van der Waals surface area (Å²) in [4.78, 5) is 17.1. The third kappa shape index (κ3) is 20.7. The van der Waals surface area contributed by atoms with Gasteiger partial charge in [-0.05, 0) is 93.2 Å². The summed E-state index contributed by atoms with van der Waals surface area (Å²) >= 11 is 0. The third-order valence-corrected chi connectivity index (χ3v) is 10.9. The van der Waals surface area contributed by atoms with Gasteiger partial charge in [-0.15, -0.1) is 0 Å². The number of H-pyrrole nitrogens is 1. The van der Waals surface area contributed by atoms with Crippen molar-refractivity contribution in [3.63, 3.8) is 0 Å². The number of rotatable bonds is 11. The first kappa shape index (κ1) is 58.5. The summed E-state index contributed by atoms with van der Waals surface area (Å²) in [5, 5.41) is 11.5. The Morgan fingerprint density at radius 1 is 0.585 bits per heavy atom. The smallest absolute Gasteiger partial charge is 0.196 e. The minimum atomic E-state index is 0.402. The number of nitrogens with zero attached hydrogens (tertiary/aromatic N) is 9. The summed E-state index contributed by atoms with van der Waals surface area (Å²) < 4.78 is 11.6. The monoisotopic (exact) mass is 899 g/mol. The Kier molecular flexibility index (Phi) is 25.6.